The van der Waals surface area contributed by atoms with Crippen LogP contribution in [0.3, 0.4) is 0 Å². The van der Waals surface area contributed by atoms with Crippen molar-refractivity contribution in [1.29, 1.82) is 0 Å². The third-order valence-corrected chi connectivity index (χ3v) is 0.695. The van der Waals surface area contributed by atoms with Crippen LogP contribution in [0.1, 0.15) is 0 Å². The predicted molar refractivity (Wildman–Crippen MR) is 33.6 cm³/mol. The van der Waals surface area contributed by atoms with Gasteiger partial charge in [0, 0.05) is 12.2 Å². The van der Waals surface area contributed by atoms with Crippen LogP contribution in [0.5, 0.6) is 0 Å². The predicted octanol–water partition coefficient (Wildman–Crippen LogP) is 0.268. The molecule has 0 atom stereocenters. The fraction of sp³-hybridized carbons (Fsp3) is 0. The Morgan fingerprint density at radius 3 is 1.40 bits per heavy atom. The van der Waals surface area contributed by atoms with Gasteiger partial charge in [-0.05, 0) is 0 Å². The van der Waals surface area contributed by atoms with Gasteiger partial charge in [-0.3, -0.25) is 9.59 Å². The lowest BCUT2D eigenvalue weighted by Crippen LogP contribution is -2.06. The van der Waals surface area contributed by atoms with Crippen molar-refractivity contribution in [3.05, 3.63) is 24.7 Å². The van der Waals surface area contributed by atoms with Gasteiger partial charge in [0.05, 0.1) is 12.5 Å². The Hall–Kier alpha value is -1.58. The molecule has 0 saturated carbocycles. The summed E-state index contributed by atoms with van der Waals surface area (Å²) in [4.78, 5) is 20.7. The van der Waals surface area contributed by atoms with Crippen molar-refractivity contribution >= 4 is 11.6 Å². The molecular weight excluding hydrogens is 136 g/mol. The molecule has 2 N–H and O–H groups in total. The maximum Gasteiger partial charge on any atom is 0.228 e. The highest BCUT2D eigenvalue weighted by Gasteiger charge is 2.04. The molecular formula is C6H6O4. The van der Waals surface area contributed by atoms with Gasteiger partial charge in [-0.25, -0.2) is 0 Å². The van der Waals surface area contributed by atoms with Crippen LogP contribution in [0.4, 0.5) is 0 Å². The molecule has 0 radical (unpaired) electrons. The van der Waals surface area contributed by atoms with Crippen LogP contribution in [0, 0.1) is 0 Å². The van der Waals surface area contributed by atoms with Crippen LogP contribution in [0.15, 0.2) is 24.7 Å². The standard InChI is InChI=1S/C6H6O4/c7-3-1-5(9)6(10)2-4-8/h1-4,7-8H/b3-1+,4-2+. The van der Waals surface area contributed by atoms with Gasteiger partial charge in [-0.15, -0.1) is 0 Å². The maximum atomic E-state index is 10.4. The van der Waals surface area contributed by atoms with Crippen molar-refractivity contribution in [3.63, 3.8) is 0 Å². The average Bonchev–Trinajstić information content (AvgIpc) is 1.89. The number of ketones is 2. The Kier molecular flexibility index (Phi) is 3.63. The molecule has 4 heteroatoms. The summed E-state index contributed by atoms with van der Waals surface area (Å²) >= 11 is 0. The minimum Gasteiger partial charge on any atom is -0.515 e. The molecule has 0 heterocycles. The van der Waals surface area contributed by atoms with Gasteiger partial charge < -0.3 is 10.2 Å². The molecule has 0 aliphatic rings. The summed E-state index contributed by atoms with van der Waals surface area (Å²) in [5.41, 5.74) is 0. The van der Waals surface area contributed by atoms with E-state index in [4.69, 9.17) is 10.2 Å². The van der Waals surface area contributed by atoms with E-state index in [1.54, 1.807) is 0 Å². The molecule has 0 aromatic heterocycles. The molecule has 10 heavy (non-hydrogen) atoms. The molecule has 4 nitrogen and oxygen atoms in total. The molecule has 0 spiro atoms. The number of carbonyl (C=O) groups excluding carboxylic acids is 2. The number of allylic oxidation sites excluding steroid dienone is 2. The van der Waals surface area contributed by atoms with Crippen molar-refractivity contribution in [1.82, 2.24) is 0 Å². The zero-order valence-electron chi connectivity index (χ0n) is 5.02. The molecule has 0 bridgehead atoms. The van der Waals surface area contributed by atoms with E-state index in [-0.39, 0.29) is 0 Å². The summed E-state index contributed by atoms with van der Waals surface area (Å²) in [5.74, 6) is -1.76. The number of aliphatic hydroxyl groups is 2. The topological polar surface area (TPSA) is 74.6 Å². The third kappa shape index (κ3) is 2.66. The van der Waals surface area contributed by atoms with E-state index < -0.39 is 11.6 Å². The van der Waals surface area contributed by atoms with Crippen molar-refractivity contribution in [2.24, 2.45) is 0 Å². The molecule has 0 saturated heterocycles. The molecule has 0 amide bonds. The van der Waals surface area contributed by atoms with Gasteiger partial charge in [0.1, 0.15) is 0 Å². The van der Waals surface area contributed by atoms with Crippen LogP contribution in [-0.2, 0) is 9.59 Å². The van der Waals surface area contributed by atoms with Crippen molar-refractivity contribution in [2.45, 2.75) is 0 Å². The molecule has 0 unspecified atom stereocenters. The summed E-state index contributed by atoms with van der Waals surface area (Å²) < 4.78 is 0. The highest BCUT2D eigenvalue weighted by Crippen LogP contribution is 1.81. The monoisotopic (exact) mass is 142 g/mol. The lowest BCUT2D eigenvalue weighted by atomic mass is 10.2. The highest BCUT2D eigenvalue weighted by molar-refractivity contribution is 6.45. The summed E-state index contributed by atoms with van der Waals surface area (Å²) in [6.07, 6.45) is 2.32. The van der Waals surface area contributed by atoms with Crippen LogP contribution < -0.4 is 0 Å². The van der Waals surface area contributed by atoms with Gasteiger partial charge >= 0.3 is 0 Å². The van der Waals surface area contributed by atoms with Crippen molar-refractivity contribution in [2.75, 3.05) is 0 Å². The smallest absolute Gasteiger partial charge is 0.228 e. The second kappa shape index (κ2) is 4.31. The van der Waals surface area contributed by atoms with E-state index >= 15 is 0 Å². The minimum atomic E-state index is -0.882. The second-order valence-electron chi connectivity index (χ2n) is 1.36. The van der Waals surface area contributed by atoms with Crippen LogP contribution in [0.25, 0.3) is 0 Å². The summed E-state index contributed by atoms with van der Waals surface area (Å²) in [5, 5.41) is 16.0. The summed E-state index contributed by atoms with van der Waals surface area (Å²) in [7, 11) is 0. The average molecular weight is 142 g/mol. The first-order valence-corrected chi connectivity index (χ1v) is 2.42. The lowest BCUT2D eigenvalue weighted by molar-refractivity contribution is -0.131. The normalized spacial score (nSPS) is 10.8. The van der Waals surface area contributed by atoms with E-state index in [1.165, 1.54) is 0 Å². The Bertz CT molecular complexity index is 168. The minimum absolute atomic E-state index is 0.464. The number of hydrogen-bond acceptors (Lipinski definition) is 4. The number of aliphatic hydroxyl groups excluding tert-OH is 2. The summed E-state index contributed by atoms with van der Waals surface area (Å²) in [6, 6.07) is 0. The molecule has 0 aliphatic carbocycles. The van der Waals surface area contributed by atoms with Gasteiger partial charge in [-0.2, -0.15) is 0 Å². The Morgan fingerprint density at radius 1 is 0.900 bits per heavy atom. The van der Waals surface area contributed by atoms with Crippen LogP contribution in [0.2, 0.25) is 0 Å². The lowest BCUT2D eigenvalue weighted by Gasteiger charge is -1.81. The van der Waals surface area contributed by atoms with E-state index in [0.717, 1.165) is 0 Å². The molecule has 0 fully saturated rings. The zero-order chi connectivity index (χ0) is 7.98. The molecule has 0 aromatic carbocycles. The van der Waals surface area contributed by atoms with Crippen LogP contribution in [-0.4, -0.2) is 21.8 Å². The number of carbonyl (C=O) groups is 2. The fourth-order valence-electron chi connectivity index (χ4n) is 0.300. The quantitative estimate of drug-likeness (QED) is 0.337. The van der Waals surface area contributed by atoms with Crippen molar-refractivity contribution < 1.29 is 19.8 Å². The Labute approximate surface area is 57.1 Å². The first-order valence-electron chi connectivity index (χ1n) is 2.42. The van der Waals surface area contributed by atoms with Crippen molar-refractivity contribution in [3.8, 4) is 0 Å². The van der Waals surface area contributed by atoms with Gasteiger partial charge in [0.15, 0.2) is 0 Å². The molecule has 54 valence electrons. The molecule has 0 rings (SSSR count). The van der Waals surface area contributed by atoms with Gasteiger partial charge in [-0.1, -0.05) is 0 Å². The first kappa shape index (κ1) is 8.42. The Morgan fingerprint density at radius 2 is 1.20 bits per heavy atom. The highest BCUT2D eigenvalue weighted by atomic mass is 16.2. The van der Waals surface area contributed by atoms with Crippen LogP contribution >= 0.6 is 0 Å². The van der Waals surface area contributed by atoms with E-state index in [9.17, 15) is 9.59 Å². The molecule has 0 aliphatic heterocycles. The second-order valence-corrected chi connectivity index (χ2v) is 1.36. The Balaban J connectivity index is 4.09. The van der Waals surface area contributed by atoms with E-state index in [1.807, 2.05) is 0 Å². The molecule has 0 aromatic rings. The largest absolute Gasteiger partial charge is 0.515 e. The fourth-order valence-corrected chi connectivity index (χ4v) is 0.300. The van der Waals surface area contributed by atoms with E-state index in [2.05, 4.69) is 0 Å². The van der Waals surface area contributed by atoms with Gasteiger partial charge in [0.25, 0.3) is 0 Å². The summed E-state index contributed by atoms with van der Waals surface area (Å²) in [6.45, 7) is 0. The third-order valence-electron chi connectivity index (χ3n) is 0.695. The zero-order valence-corrected chi connectivity index (χ0v) is 5.02. The number of hydrogen-bond donors (Lipinski definition) is 2. The maximum absolute atomic E-state index is 10.4. The first-order chi connectivity index (χ1) is 4.72. The van der Waals surface area contributed by atoms with E-state index in [0.29, 0.717) is 24.7 Å². The number of rotatable bonds is 3. The van der Waals surface area contributed by atoms with Gasteiger partial charge in [0.2, 0.25) is 11.6 Å². The SMILES string of the molecule is O=C(/C=C/O)C(=O)/C=C/O.